The maximum Gasteiger partial charge on any atom is 0.308 e. The maximum atomic E-state index is 12.3. The molecule has 0 saturated carbocycles. The summed E-state index contributed by atoms with van der Waals surface area (Å²) in [6.45, 7) is 0.363. The highest BCUT2D eigenvalue weighted by molar-refractivity contribution is 7.87. The van der Waals surface area contributed by atoms with Gasteiger partial charge in [-0.15, -0.1) is 0 Å². The first-order valence-electron chi connectivity index (χ1n) is 8.73. The molecule has 0 radical (unpaired) electrons. The number of amides is 2. The van der Waals surface area contributed by atoms with Gasteiger partial charge in [-0.05, 0) is 31.4 Å². The Morgan fingerprint density at radius 3 is 2.22 bits per heavy atom. The second-order valence-corrected chi connectivity index (χ2v) is 8.61. The van der Waals surface area contributed by atoms with Crippen molar-refractivity contribution in [2.75, 3.05) is 20.6 Å². The number of fused-ring (bicyclic) bond motifs is 1. The van der Waals surface area contributed by atoms with Crippen LogP contribution in [0.2, 0.25) is 0 Å². The van der Waals surface area contributed by atoms with Crippen molar-refractivity contribution < 1.29 is 18.0 Å². The van der Waals surface area contributed by atoms with Gasteiger partial charge in [0.15, 0.2) is 0 Å². The van der Waals surface area contributed by atoms with Crippen molar-refractivity contribution in [3.63, 3.8) is 0 Å². The summed E-state index contributed by atoms with van der Waals surface area (Å²) in [5, 5.41) is 0. The molecule has 3 rings (SSSR count). The van der Waals surface area contributed by atoms with E-state index in [-0.39, 0.29) is 11.8 Å². The molecule has 0 fully saturated rings. The largest absolute Gasteiger partial charge is 0.308 e. The lowest BCUT2D eigenvalue weighted by Gasteiger charge is -2.15. The molecule has 1 aromatic heterocycles. The highest BCUT2D eigenvalue weighted by atomic mass is 32.2. The minimum atomic E-state index is -3.58. The summed E-state index contributed by atoms with van der Waals surface area (Å²) in [6, 6.07) is 6.83. The average molecular weight is 390 g/mol. The quantitative estimate of drug-likeness (QED) is 0.504. The minimum absolute atomic E-state index is 0.245. The van der Waals surface area contributed by atoms with E-state index in [2.05, 4.69) is 4.98 Å². The summed E-state index contributed by atoms with van der Waals surface area (Å²) in [4.78, 5) is 29.8. The number of hydrogen-bond donors (Lipinski definition) is 0. The summed E-state index contributed by atoms with van der Waals surface area (Å²) < 4.78 is 26.8. The van der Waals surface area contributed by atoms with Gasteiger partial charge in [0.05, 0.1) is 16.8 Å². The predicted molar refractivity (Wildman–Crippen MR) is 99.6 cm³/mol. The molecule has 2 heterocycles. The molecule has 1 aromatic carbocycles. The number of hydrogen-bond acceptors (Lipinski definition) is 5. The topological polar surface area (TPSA) is 92.6 Å². The van der Waals surface area contributed by atoms with Crippen LogP contribution in [0.25, 0.3) is 0 Å². The number of aryl methyl sites for hydroxylation is 1. The monoisotopic (exact) mass is 390 g/mol. The standard InChI is InChI=1S/C18H22N4O4S/c1-20(2)27(25,26)22-13-19-12-14(22)8-4-3-7-11-21-17(23)15-9-5-6-10-16(15)18(21)24/h5-6,9-10,12-13H,3-4,7-8,11H2,1-2H3. The summed E-state index contributed by atoms with van der Waals surface area (Å²) in [7, 11) is -0.628. The van der Waals surface area contributed by atoms with Gasteiger partial charge in [-0.25, -0.2) is 8.96 Å². The van der Waals surface area contributed by atoms with Crippen LogP contribution < -0.4 is 0 Å². The lowest BCUT2D eigenvalue weighted by molar-refractivity contribution is 0.0651. The Morgan fingerprint density at radius 2 is 1.63 bits per heavy atom. The fourth-order valence-corrected chi connectivity index (χ4v) is 4.02. The molecule has 1 aliphatic rings. The van der Waals surface area contributed by atoms with E-state index in [1.165, 1.54) is 29.3 Å². The molecule has 0 bridgehead atoms. The highest BCUT2D eigenvalue weighted by Crippen LogP contribution is 2.23. The van der Waals surface area contributed by atoms with Crippen LogP contribution in [-0.4, -0.2) is 59.0 Å². The Balaban J connectivity index is 1.51. The first kappa shape index (κ1) is 19.2. The number of benzene rings is 1. The van der Waals surface area contributed by atoms with Crippen LogP contribution in [0.4, 0.5) is 0 Å². The van der Waals surface area contributed by atoms with Crippen molar-refractivity contribution in [1.82, 2.24) is 18.2 Å². The van der Waals surface area contributed by atoms with Crippen LogP contribution in [0.5, 0.6) is 0 Å². The number of imidazole rings is 1. The maximum absolute atomic E-state index is 12.3. The summed E-state index contributed by atoms with van der Waals surface area (Å²) in [5.41, 5.74) is 1.53. The first-order valence-corrected chi connectivity index (χ1v) is 10.1. The Hall–Kier alpha value is -2.52. The van der Waals surface area contributed by atoms with E-state index in [1.54, 1.807) is 30.5 Å². The lowest BCUT2D eigenvalue weighted by Crippen LogP contribution is -2.30. The summed E-state index contributed by atoms with van der Waals surface area (Å²) in [5.74, 6) is -0.489. The van der Waals surface area contributed by atoms with Gasteiger partial charge in [-0.3, -0.25) is 14.5 Å². The van der Waals surface area contributed by atoms with E-state index in [9.17, 15) is 18.0 Å². The van der Waals surface area contributed by atoms with E-state index in [0.29, 0.717) is 36.2 Å². The number of rotatable bonds is 8. The second-order valence-electron chi connectivity index (χ2n) is 6.59. The van der Waals surface area contributed by atoms with Crippen LogP contribution in [0.15, 0.2) is 36.8 Å². The van der Waals surface area contributed by atoms with Gasteiger partial charge in [0.1, 0.15) is 6.33 Å². The van der Waals surface area contributed by atoms with Crippen molar-refractivity contribution in [1.29, 1.82) is 0 Å². The van der Waals surface area contributed by atoms with Gasteiger partial charge < -0.3 is 0 Å². The number of aromatic nitrogens is 2. The zero-order valence-electron chi connectivity index (χ0n) is 15.3. The van der Waals surface area contributed by atoms with Gasteiger partial charge in [-0.1, -0.05) is 18.6 Å². The molecule has 144 valence electrons. The molecule has 1 aliphatic heterocycles. The van der Waals surface area contributed by atoms with Crippen LogP contribution in [0.3, 0.4) is 0 Å². The van der Waals surface area contributed by atoms with Gasteiger partial charge >= 0.3 is 10.2 Å². The van der Waals surface area contributed by atoms with Crippen molar-refractivity contribution in [2.45, 2.75) is 25.7 Å². The molecule has 2 amide bonds. The normalized spacial score (nSPS) is 14.3. The van der Waals surface area contributed by atoms with E-state index in [1.807, 2.05) is 0 Å². The molecule has 0 unspecified atom stereocenters. The van der Waals surface area contributed by atoms with Gasteiger partial charge in [0, 0.05) is 26.8 Å². The molecule has 0 aliphatic carbocycles. The Kier molecular flexibility index (Phi) is 5.43. The van der Waals surface area contributed by atoms with Crippen molar-refractivity contribution in [2.24, 2.45) is 0 Å². The fraction of sp³-hybridized carbons (Fsp3) is 0.389. The first-order chi connectivity index (χ1) is 12.8. The Labute approximate surface area is 158 Å². The van der Waals surface area contributed by atoms with Crippen molar-refractivity contribution in [3.05, 3.63) is 53.6 Å². The third-order valence-electron chi connectivity index (χ3n) is 4.58. The Morgan fingerprint density at radius 1 is 1.00 bits per heavy atom. The molecular weight excluding hydrogens is 368 g/mol. The predicted octanol–water partition coefficient (Wildman–Crippen LogP) is 1.55. The molecule has 9 heteroatoms. The molecule has 8 nitrogen and oxygen atoms in total. The molecule has 0 N–H and O–H groups in total. The fourth-order valence-electron chi connectivity index (χ4n) is 3.06. The van der Waals surface area contributed by atoms with Crippen molar-refractivity contribution in [3.8, 4) is 0 Å². The van der Waals surface area contributed by atoms with Gasteiger partial charge in [0.2, 0.25) is 0 Å². The van der Waals surface area contributed by atoms with Crippen molar-refractivity contribution >= 4 is 22.0 Å². The van der Waals surface area contributed by atoms with Crippen LogP contribution in [-0.2, 0) is 16.6 Å². The zero-order valence-corrected chi connectivity index (χ0v) is 16.1. The summed E-state index contributed by atoms with van der Waals surface area (Å²) >= 11 is 0. The minimum Gasteiger partial charge on any atom is -0.274 e. The molecule has 0 saturated heterocycles. The third-order valence-corrected chi connectivity index (χ3v) is 6.33. The number of unbranched alkanes of at least 4 members (excludes halogenated alkanes) is 2. The number of nitrogens with zero attached hydrogens (tertiary/aromatic N) is 4. The van der Waals surface area contributed by atoms with E-state index in [4.69, 9.17) is 0 Å². The third kappa shape index (κ3) is 3.65. The lowest BCUT2D eigenvalue weighted by atomic mass is 10.1. The SMILES string of the molecule is CN(C)S(=O)(=O)n1cncc1CCCCCN1C(=O)c2ccccc2C1=O. The number of imide groups is 1. The average Bonchev–Trinajstić information content (AvgIpc) is 3.21. The van der Waals surface area contributed by atoms with E-state index in [0.717, 1.165) is 17.1 Å². The van der Waals surface area contributed by atoms with Crippen LogP contribution in [0.1, 0.15) is 45.7 Å². The van der Waals surface area contributed by atoms with Gasteiger partial charge in [0.25, 0.3) is 11.8 Å². The van der Waals surface area contributed by atoms with Gasteiger partial charge in [-0.2, -0.15) is 12.7 Å². The highest BCUT2D eigenvalue weighted by Gasteiger charge is 2.34. The molecule has 27 heavy (non-hydrogen) atoms. The number of carbonyl (C=O) groups is 2. The number of carbonyl (C=O) groups excluding carboxylic acids is 2. The molecule has 2 aromatic rings. The Bertz CT molecular complexity index is 930. The van der Waals surface area contributed by atoms with E-state index < -0.39 is 10.2 Å². The van der Waals surface area contributed by atoms with Crippen LogP contribution in [0, 0.1) is 0 Å². The van der Waals surface area contributed by atoms with Crippen LogP contribution >= 0.6 is 0 Å². The second kappa shape index (κ2) is 7.61. The zero-order chi connectivity index (χ0) is 19.6. The molecule has 0 atom stereocenters. The summed E-state index contributed by atoms with van der Waals surface area (Å²) in [6.07, 6.45) is 5.56. The molecular formula is C18H22N4O4S. The molecule has 0 spiro atoms. The smallest absolute Gasteiger partial charge is 0.274 e. The van der Waals surface area contributed by atoms with E-state index >= 15 is 0 Å².